The van der Waals surface area contributed by atoms with Crippen molar-refractivity contribution < 1.29 is 9.59 Å². The second kappa shape index (κ2) is 7.95. The maximum absolute atomic E-state index is 12.8. The third-order valence-electron chi connectivity index (χ3n) is 5.08. The van der Waals surface area contributed by atoms with E-state index in [1.54, 1.807) is 0 Å². The first-order valence-corrected chi connectivity index (χ1v) is 8.93. The number of nitrogens with two attached hydrogens (primary N) is 1. The molecular weight excluding hydrogens is 278 g/mol. The molecule has 0 spiro atoms. The van der Waals surface area contributed by atoms with Gasteiger partial charge in [0.05, 0.1) is 11.5 Å². The monoisotopic (exact) mass is 309 g/mol. The van der Waals surface area contributed by atoms with E-state index in [1.807, 2.05) is 4.90 Å². The Morgan fingerprint density at radius 3 is 2.64 bits per heavy atom. The lowest BCUT2D eigenvalue weighted by molar-refractivity contribution is -0.141. The quantitative estimate of drug-likeness (QED) is 0.760. The molecule has 1 heterocycles. The number of carbonyl (C=O) groups is 2. The molecule has 2 fully saturated rings. The van der Waals surface area contributed by atoms with Crippen molar-refractivity contribution in [2.45, 2.75) is 70.3 Å². The van der Waals surface area contributed by atoms with E-state index in [2.05, 4.69) is 12.2 Å². The lowest BCUT2D eigenvalue weighted by Crippen LogP contribution is -2.58. The van der Waals surface area contributed by atoms with Gasteiger partial charge in [0.1, 0.15) is 0 Å². The average molecular weight is 309 g/mol. The first-order valence-electron chi connectivity index (χ1n) is 8.93. The molecule has 3 N–H and O–H groups in total. The first kappa shape index (κ1) is 17.3. The van der Waals surface area contributed by atoms with Crippen LogP contribution in [0.1, 0.15) is 64.7 Å². The Morgan fingerprint density at radius 2 is 1.95 bits per heavy atom. The third kappa shape index (κ3) is 4.22. The highest BCUT2D eigenvalue weighted by Crippen LogP contribution is 2.29. The van der Waals surface area contributed by atoms with Gasteiger partial charge in [-0.25, -0.2) is 0 Å². The van der Waals surface area contributed by atoms with Crippen LogP contribution >= 0.6 is 0 Å². The molecule has 1 unspecified atom stereocenters. The van der Waals surface area contributed by atoms with Gasteiger partial charge >= 0.3 is 0 Å². The molecule has 126 valence electrons. The number of nitrogens with zero attached hydrogens (tertiary/aromatic N) is 1. The van der Waals surface area contributed by atoms with Crippen molar-refractivity contribution in [3.63, 3.8) is 0 Å². The van der Waals surface area contributed by atoms with Crippen LogP contribution in [0.5, 0.6) is 0 Å². The van der Waals surface area contributed by atoms with Crippen LogP contribution in [0.4, 0.5) is 0 Å². The molecule has 5 nitrogen and oxygen atoms in total. The van der Waals surface area contributed by atoms with Crippen molar-refractivity contribution in [1.82, 2.24) is 10.2 Å². The van der Waals surface area contributed by atoms with E-state index in [0.717, 1.165) is 64.5 Å². The van der Waals surface area contributed by atoms with Crippen LogP contribution in [0, 0.1) is 5.92 Å². The van der Waals surface area contributed by atoms with E-state index in [-0.39, 0.29) is 17.7 Å². The third-order valence-corrected chi connectivity index (χ3v) is 5.08. The van der Waals surface area contributed by atoms with Crippen LogP contribution < -0.4 is 11.1 Å². The Bertz CT molecular complexity index is 391. The zero-order valence-electron chi connectivity index (χ0n) is 13.9. The summed E-state index contributed by atoms with van der Waals surface area (Å²) in [4.78, 5) is 26.8. The van der Waals surface area contributed by atoms with E-state index in [1.165, 1.54) is 6.42 Å². The fourth-order valence-electron chi connectivity index (χ4n) is 3.62. The lowest BCUT2D eigenvalue weighted by Gasteiger charge is -2.40. The van der Waals surface area contributed by atoms with Gasteiger partial charge in [0.2, 0.25) is 11.8 Å². The van der Waals surface area contributed by atoms with Crippen LogP contribution in [0.3, 0.4) is 0 Å². The summed E-state index contributed by atoms with van der Waals surface area (Å²) in [6, 6.07) is 0. The Labute approximate surface area is 134 Å². The van der Waals surface area contributed by atoms with Crippen LogP contribution in [0.25, 0.3) is 0 Å². The summed E-state index contributed by atoms with van der Waals surface area (Å²) in [5.41, 5.74) is 5.68. The predicted octanol–water partition coefficient (Wildman–Crippen LogP) is 1.80. The highest BCUT2D eigenvalue weighted by atomic mass is 16.2. The van der Waals surface area contributed by atoms with Gasteiger partial charge in [-0.15, -0.1) is 0 Å². The molecule has 2 amide bonds. The fraction of sp³-hybridized carbons (Fsp3) is 0.882. The van der Waals surface area contributed by atoms with Crippen molar-refractivity contribution in [3.05, 3.63) is 0 Å². The molecule has 2 aliphatic rings. The number of hydrogen-bond acceptors (Lipinski definition) is 3. The molecule has 0 aromatic carbocycles. The van der Waals surface area contributed by atoms with Crippen LogP contribution in [-0.2, 0) is 9.59 Å². The predicted molar refractivity (Wildman–Crippen MR) is 87.2 cm³/mol. The largest absolute Gasteiger partial charge is 0.356 e. The normalized spacial score (nSPS) is 24.8. The van der Waals surface area contributed by atoms with Gasteiger partial charge in [-0.05, 0) is 32.1 Å². The number of amides is 2. The number of unbranched alkanes of at least 4 members (excludes halogenated alkanes) is 1. The summed E-state index contributed by atoms with van der Waals surface area (Å²) in [6.07, 6.45) is 8.68. The van der Waals surface area contributed by atoms with E-state index in [9.17, 15) is 9.59 Å². The molecule has 0 bridgehead atoms. The minimum Gasteiger partial charge on any atom is -0.356 e. The van der Waals surface area contributed by atoms with Gasteiger partial charge in [-0.3, -0.25) is 9.59 Å². The summed E-state index contributed by atoms with van der Waals surface area (Å²) in [5, 5.41) is 2.99. The summed E-state index contributed by atoms with van der Waals surface area (Å²) < 4.78 is 0. The Morgan fingerprint density at radius 1 is 1.23 bits per heavy atom. The minimum atomic E-state index is -0.682. The van der Waals surface area contributed by atoms with E-state index in [0.29, 0.717) is 6.54 Å². The average Bonchev–Trinajstić information content (AvgIpc) is 2.55. The number of carbonyl (C=O) groups excluding carboxylic acids is 2. The van der Waals surface area contributed by atoms with E-state index in [4.69, 9.17) is 5.73 Å². The maximum Gasteiger partial charge on any atom is 0.242 e. The standard InChI is InChI=1S/C17H31N3O2/c1-2-3-11-19-15(21)14-8-7-12-20(13-14)16(22)17(18)9-5-4-6-10-17/h14H,2-13,18H2,1H3,(H,19,21). The fourth-order valence-corrected chi connectivity index (χ4v) is 3.62. The Hall–Kier alpha value is -1.10. The molecule has 1 aliphatic heterocycles. The van der Waals surface area contributed by atoms with E-state index < -0.39 is 5.54 Å². The highest BCUT2D eigenvalue weighted by Gasteiger charge is 2.40. The number of piperidine rings is 1. The van der Waals surface area contributed by atoms with Gasteiger partial charge in [-0.2, -0.15) is 0 Å². The Balaban J connectivity index is 1.89. The lowest BCUT2D eigenvalue weighted by atomic mass is 9.81. The summed E-state index contributed by atoms with van der Waals surface area (Å²) in [6.45, 7) is 4.13. The molecule has 1 saturated carbocycles. The Kier molecular flexibility index (Phi) is 6.24. The molecule has 0 radical (unpaired) electrons. The van der Waals surface area contributed by atoms with Crippen LogP contribution in [0.2, 0.25) is 0 Å². The molecule has 5 heteroatoms. The molecule has 1 aliphatic carbocycles. The second-order valence-electron chi connectivity index (χ2n) is 6.95. The maximum atomic E-state index is 12.8. The summed E-state index contributed by atoms with van der Waals surface area (Å²) in [7, 11) is 0. The van der Waals surface area contributed by atoms with Crippen LogP contribution in [0.15, 0.2) is 0 Å². The van der Waals surface area contributed by atoms with Crippen molar-refractivity contribution in [2.75, 3.05) is 19.6 Å². The van der Waals surface area contributed by atoms with Gasteiger partial charge in [0, 0.05) is 19.6 Å². The smallest absolute Gasteiger partial charge is 0.242 e. The molecule has 2 rings (SSSR count). The zero-order chi connectivity index (χ0) is 16.0. The molecule has 1 atom stereocenters. The van der Waals surface area contributed by atoms with Crippen molar-refractivity contribution >= 4 is 11.8 Å². The number of rotatable bonds is 5. The first-order chi connectivity index (χ1) is 10.6. The number of nitrogens with one attached hydrogen (secondary N) is 1. The van der Waals surface area contributed by atoms with Crippen LogP contribution in [-0.4, -0.2) is 41.9 Å². The summed E-state index contributed by atoms with van der Waals surface area (Å²) in [5.74, 6) is 0.0978. The molecular formula is C17H31N3O2. The molecule has 22 heavy (non-hydrogen) atoms. The van der Waals surface area contributed by atoms with Gasteiger partial charge in [0.25, 0.3) is 0 Å². The molecule has 0 aromatic rings. The van der Waals surface area contributed by atoms with Gasteiger partial charge < -0.3 is 16.0 Å². The second-order valence-corrected chi connectivity index (χ2v) is 6.95. The zero-order valence-corrected chi connectivity index (χ0v) is 13.9. The van der Waals surface area contributed by atoms with E-state index >= 15 is 0 Å². The van der Waals surface area contributed by atoms with Crippen molar-refractivity contribution in [2.24, 2.45) is 11.7 Å². The van der Waals surface area contributed by atoms with Crippen molar-refractivity contribution in [1.29, 1.82) is 0 Å². The topological polar surface area (TPSA) is 75.4 Å². The summed E-state index contributed by atoms with van der Waals surface area (Å²) >= 11 is 0. The van der Waals surface area contributed by atoms with Crippen molar-refractivity contribution in [3.8, 4) is 0 Å². The van der Waals surface area contributed by atoms with Gasteiger partial charge in [0.15, 0.2) is 0 Å². The molecule has 0 aromatic heterocycles. The minimum absolute atomic E-state index is 0.0678. The SMILES string of the molecule is CCCCNC(=O)C1CCCN(C(=O)C2(N)CCCCC2)C1. The van der Waals surface area contributed by atoms with Gasteiger partial charge in [-0.1, -0.05) is 32.6 Å². The molecule has 1 saturated heterocycles. The highest BCUT2D eigenvalue weighted by molar-refractivity contribution is 5.87. The number of likely N-dealkylation sites (tertiary alicyclic amines) is 1. The number of hydrogen-bond donors (Lipinski definition) is 2.